The van der Waals surface area contributed by atoms with Crippen molar-refractivity contribution in [3.05, 3.63) is 63.5 Å². The molecule has 1 N–H and O–H groups in total. The van der Waals surface area contributed by atoms with E-state index >= 15 is 0 Å². The van der Waals surface area contributed by atoms with Crippen molar-refractivity contribution < 1.29 is 4.79 Å². The first-order chi connectivity index (χ1) is 11.6. The van der Waals surface area contributed by atoms with E-state index in [0.29, 0.717) is 11.9 Å². The highest BCUT2D eigenvalue weighted by atomic mass is 32.1. The quantitative estimate of drug-likeness (QED) is 0.776. The second kappa shape index (κ2) is 6.97. The van der Waals surface area contributed by atoms with Crippen molar-refractivity contribution >= 4 is 27.5 Å². The maximum Gasteiger partial charge on any atom is 0.262 e. The van der Waals surface area contributed by atoms with Gasteiger partial charge in [-0.1, -0.05) is 24.3 Å². The van der Waals surface area contributed by atoms with Crippen molar-refractivity contribution in [1.29, 1.82) is 0 Å². The third-order valence-electron chi connectivity index (χ3n) is 4.06. The van der Waals surface area contributed by atoms with Gasteiger partial charge in [0.25, 0.3) is 5.56 Å². The number of nitrogens with zero attached hydrogens (tertiary/aromatic N) is 2. The molecule has 0 aliphatic rings. The number of thiophene rings is 1. The average Bonchev–Trinajstić information content (AvgIpc) is 3.04. The zero-order valence-corrected chi connectivity index (χ0v) is 14.5. The summed E-state index contributed by atoms with van der Waals surface area (Å²) < 4.78 is 1.49. The Morgan fingerprint density at radius 2 is 2.12 bits per heavy atom. The minimum atomic E-state index is -0.0963. The molecule has 0 aliphatic carbocycles. The topological polar surface area (TPSA) is 64.0 Å². The van der Waals surface area contributed by atoms with Crippen LogP contribution in [0.3, 0.4) is 0 Å². The Kier molecular flexibility index (Phi) is 4.76. The lowest BCUT2D eigenvalue weighted by molar-refractivity contribution is -0.121. The normalized spacial score (nSPS) is 12.2. The van der Waals surface area contributed by atoms with Gasteiger partial charge in [0.1, 0.15) is 4.83 Å². The molecule has 5 nitrogen and oxygen atoms in total. The van der Waals surface area contributed by atoms with Gasteiger partial charge in [0.2, 0.25) is 5.91 Å². The van der Waals surface area contributed by atoms with Gasteiger partial charge < -0.3 is 5.32 Å². The number of carbonyl (C=O) groups is 1. The van der Waals surface area contributed by atoms with Crippen molar-refractivity contribution in [3.63, 3.8) is 0 Å². The predicted octanol–water partition coefficient (Wildman–Crippen LogP) is 3.03. The molecule has 124 valence electrons. The minimum Gasteiger partial charge on any atom is -0.350 e. The van der Waals surface area contributed by atoms with Crippen LogP contribution in [0.2, 0.25) is 0 Å². The SMILES string of the molecule is Cc1ccccc1[C@@H](C)NC(=O)CCn1cnc2sccc2c1=O. The molecule has 0 aliphatic heterocycles. The lowest BCUT2D eigenvalue weighted by Crippen LogP contribution is -2.29. The van der Waals surface area contributed by atoms with E-state index in [1.54, 1.807) is 6.07 Å². The molecule has 24 heavy (non-hydrogen) atoms. The Hall–Kier alpha value is -2.47. The molecule has 1 amide bonds. The molecule has 1 atom stereocenters. The standard InChI is InChI=1S/C18H19N3O2S/c1-12-5-3-4-6-14(12)13(2)20-16(22)7-9-21-11-19-17-15(18(21)23)8-10-24-17/h3-6,8,10-11,13H,7,9H2,1-2H3,(H,20,22)/t13-/m1/s1. The smallest absolute Gasteiger partial charge is 0.262 e. The molecule has 1 aromatic carbocycles. The van der Waals surface area contributed by atoms with E-state index in [-0.39, 0.29) is 23.9 Å². The molecule has 2 heterocycles. The summed E-state index contributed by atoms with van der Waals surface area (Å²) in [5.41, 5.74) is 2.15. The lowest BCUT2D eigenvalue weighted by Gasteiger charge is -2.16. The molecule has 0 bridgehead atoms. The van der Waals surface area contributed by atoms with Gasteiger partial charge in [-0.25, -0.2) is 4.98 Å². The number of aryl methyl sites for hydroxylation is 2. The van der Waals surface area contributed by atoms with Crippen molar-refractivity contribution in [2.45, 2.75) is 32.9 Å². The second-order valence-electron chi connectivity index (χ2n) is 5.78. The Labute approximate surface area is 144 Å². The van der Waals surface area contributed by atoms with Crippen LogP contribution in [0.4, 0.5) is 0 Å². The van der Waals surface area contributed by atoms with Gasteiger partial charge in [-0.05, 0) is 36.4 Å². The molecule has 0 unspecified atom stereocenters. The van der Waals surface area contributed by atoms with Gasteiger partial charge in [0.15, 0.2) is 0 Å². The highest BCUT2D eigenvalue weighted by molar-refractivity contribution is 7.16. The molecule has 0 fully saturated rings. The summed E-state index contributed by atoms with van der Waals surface area (Å²) in [6.07, 6.45) is 1.76. The Morgan fingerprint density at radius 3 is 2.92 bits per heavy atom. The molecular weight excluding hydrogens is 322 g/mol. The fourth-order valence-electron chi connectivity index (χ4n) is 2.74. The molecule has 3 aromatic rings. The van der Waals surface area contributed by atoms with Gasteiger partial charge in [-0.3, -0.25) is 14.2 Å². The van der Waals surface area contributed by atoms with Crippen molar-refractivity contribution in [2.75, 3.05) is 0 Å². The van der Waals surface area contributed by atoms with Gasteiger partial charge in [0, 0.05) is 13.0 Å². The van der Waals surface area contributed by atoms with E-state index in [9.17, 15) is 9.59 Å². The fraction of sp³-hybridized carbons (Fsp3) is 0.278. The van der Waals surface area contributed by atoms with Gasteiger partial charge in [-0.2, -0.15) is 0 Å². The van der Waals surface area contributed by atoms with Crippen LogP contribution in [0.5, 0.6) is 0 Å². The number of hydrogen-bond acceptors (Lipinski definition) is 4. The van der Waals surface area contributed by atoms with Crippen molar-refractivity contribution in [2.24, 2.45) is 0 Å². The zero-order chi connectivity index (χ0) is 17.1. The van der Waals surface area contributed by atoms with E-state index in [1.165, 1.54) is 22.2 Å². The number of amides is 1. The van der Waals surface area contributed by atoms with Crippen molar-refractivity contribution in [3.8, 4) is 0 Å². The van der Waals surface area contributed by atoms with Crippen LogP contribution in [-0.2, 0) is 11.3 Å². The first-order valence-corrected chi connectivity index (χ1v) is 8.72. The molecule has 0 saturated carbocycles. The molecule has 0 radical (unpaired) electrons. The maximum absolute atomic E-state index is 12.3. The van der Waals surface area contributed by atoms with Crippen molar-refractivity contribution in [1.82, 2.24) is 14.9 Å². The van der Waals surface area contributed by atoms with Crippen LogP contribution in [0.15, 0.2) is 46.8 Å². The third-order valence-corrected chi connectivity index (χ3v) is 4.88. The number of fused-ring (bicyclic) bond motifs is 1. The summed E-state index contributed by atoms with van der Waals surface area (Å²) in [5.74, 6) is -0.0805. The maximum atomic E-state index is 12.3. The van der Waals surface area contributed by atoms with E-state index in [0.717, 1.165) is 16.0 Å². The van der Waals surface area contributed by atoms with E-state index in [2.05, 4.69) is 10.3 Å². The first-order valence-electron chi connectivity index (χ1n) is 7.84. The van der Waals surface area contributed by atoms with Gasteiger partial charge >= 0.3 is 0 Å². The largest absolute Gasteiger partial charge is 0.350 e. The molecule has 0 spiro atoms. The van der Waals surface area contributed by atoms with Crippen LogP contribution in [0.1, 0.15) is 30.5 Å². The van der Waals surface area contributed by atoms with E-state index < -0.39 is 0 Å². The van der Waals surface area contributed by atoms with Crippen LogP contribution in [-0.4, -0.2) is 15.5 Å². The fourth-order valence-corrected chi connectivity index (χ4v) is 3.46. The summed E-state index contributed by atoms with van der Waals surface area (Å²) in [7, 11) is 0. The lowest BCUT2D eigenvalue weighted by atomic mass is 10.0. The Bertz CT molecular complexity index is 929. The first kappa shape index (κ1) is 16.4. The highest BCUT2D eigenvalue weighted by Gasteiger charge is 2.12. The summed E-state index contributed by atoms with van der Waals surface area (Å²) in [5, 5.41) is 5.44. The Morgan fingerprint density at radius 1 is 1.33 bits per heavy atom. The number of benzene rings is 1. The second-order valence-corrected chi connectivity index (χ2v) is 6.67. The monoisotopic (exact) mass is 341 g/mol. The number of nitrogens with one attached hydrogen (secondary N) is 1. The molecular formula is C18H19N3O2S. The Balaban J connectivity index is 1.64. The summed E-state index contributed by atoms with van der Waals surface area (Å²) in [6.45, 7) is 4.31. The van der Waals surface area contributed by atoms with Crippen LogP contribution in [0, 0.1) is 6.92 Å². The molecule has 6 heteroatoms. The summed E-state index contributed by atoms with van der Waals surface area (Å²) >= 11 is 1.44. The number of carbonyl (C=O) groups excluding carboxylic acids is 1. The minimum absolute atomic E-state index is 0.0621. The molecule has 2 aromatic heterocycles. The van der Waals surface area contributed by atoms with E-state index in [1.807, 2.05) is 43.5 Å². The highest BCUT2D eigenvalue weighted by Crippen LogP contribution is 2.17. The van der Waals surface area contributed by atoms with Crippen LogP contribution >= 0.6 is 11.3 Å². The molecule has 3 rings (SSSR count). The summed E-state index contributed by atoms with van der Waals surface area (Å²) in [6, 6.07) is 9.69. The van der Waals surface area contributed by atoms with Gasteiger partial charge in [-0.15, -0.1) is 11.3 Å². The third kappa shape index (κ3) is 3.38. The van der Waals surface area contributed by atoms with Crippen LogP contribution in [0.25, 0.3) is 10.2 Å². The van der Waals surface area contributed by atoms with E-state index in [4.69, 9.17) is 0 Å². The predicted molar refractivity (Wildman–Crippen MR) is 96.2 cm³/mol. The summed E-state index contributed by atoms with van der Waals surface area (Å²) in [4.78, 5) is 29.5. The number of aromatic nitrogens is 2. The van der Waals surface area contributed by atoms with Gasteiger partial charge in [0.05, 0.1) is 17.8 Å². The zero-order valence-electron chi connectivity index (χ0n) is 13.7. The number of hydrogen-bond donors (Lipinski definition) is 1. The van der Waals surface area contributed by atoms with Crippen LogP contribution < -0.4 is 10.9 Å². The number of rotatable bonds is 5. The average molecular weight is 341 g/mol. The molecule has 0 saturated heterocycles.